The van der Waals surface area contributed by atoms with Gasteiger partial charge in [0.1, 0.15) is 0 Å². The van der Waals surface area contributed by atoms with Gasteiger partial charge in [-0.05, 0) is 49.3 Å². The van der Waals surface area contributed by atoms with Crippen molar-refractivity contribution < 1.29 is 19.5 Å². The number of carbonyl (C=O) groups excluding carboxylic acids is 2. The van der Waals surface area contributed by atoms with Crippen molar-refractivity contribution in [2.45, 2.75) is 39.0 Å². The summed E-state index contributed by atoms with van der Waals surface area (Å²) >= 11 is 0. The molecule has 0 aromatic heterocycles. The van der Waals surface area contributed by atoms with Gasteiger partial charge < -0.3 is 14.9 Å². The van der Waals surface area contributed by atoms with Crippen molar-refractivity contribution in [3.05, 3.63) is 35.4 Å². The topological polar surface area (TPSA) is 77.9 Å². The molecule has 2 amide bonds. The summed E-state index contributed by atoms with van der Waals surface area (Å²) in [5.74, 6) is -0.144. The molecule has 2 saturated heterocycles. The Kier molecular flexibility index (Phi) is 6.14. The summed E-state index contributed by atoms with van der Waals surface area (Å²) in [4.78, 5) is 40.2. The van der Waals surface area contributed by atoms with E-state index < -0.39 is 5.97 Å². The predicted octanol–water partition coefficient (Wildman–Crippen LogP) is 2.42. The fourth-order valence-corrected chi connectivity index (χ4v) is 4.12. The number of benzene rings is 1. The Balaban J connectivity index is 1.51. The van der Waals surface area contributed by atoms with Crippen LogP contribution >= 0.6 is 0 Å². The number of amides is 2. The number of hydrogen-bond donors (Lipinski definition) is 1. The largest absolute Gasteiger partial charge is 0.478 e. The molecule has 1 aromatic carbocycles. The van der Waals surface area contributed by atoms with Crippen LogP contribution in [0.25, 0.3) is 0 Å². The summed E-state index contributed by atoms with van der Waals surface area (Å²) in [7, 11) is 0. The van der Waals surface area contributed by atoms with Crippen LogP contribution in [0.4, 0.5) is 0 Å². The van der Waals surface area contributed by atoms with Crippen LogP contribution in [0.5, 0.6) is 0 Å². The Morgan fingerprint density at radius 2 is 1.81 bits per heavy atom. The van der Waals surface area contributed by atoms with E-state index in [1.807, 2.05) is 4.90 Å². The molecular formula is C21H28N2O4. The van der Waals surface area contributed by atoms with Crippen LogP contribution in [-0.2, 0) is 16.0 Å². The summed E-state index contributed by atoms with van der Waals surface area (Å²) in [6.07, 6.45) is 3.90. The highest BCUT2D eigenvalue weighted by molar-refractivity contribution is 5.88. The van der Waals surface area contributed by atoms with Crippen LogP contribution in [0.2, 0.25) is 0 Å². The van der Waals surface area contributed by atoms with Gasteiger partial charge in [0.15, 0.2) is 0 Å². The molecule has 1 N–H and O–H groups in total. The van der Waals surface area contributed by atoms with Crippen molar-refractivity contribution in [1.29, 1.82) is 0 Å². The zero-order chi connectivity index (χ0) is 19.4. The zero-order valence-corrected chi connectivity index (χ0v) is 15.9. The lowest BCUT2D eigenvalue weighted by molar-refractivity contribution is -0.141. The van der Waals surface area contributed by atoms with Crippen LogP contribution in [0, 0.1) is 11.8 Å². The van der Waals surface area contributed by atoms with Gasteiger partial charge in [-0.15, -0.1) is 0 Å². The van der Waals surface area contributed by atoms with E-state index in [-0.39, 0.29) is 29.7 Å². The molecule has 6 heteroatoms. The molecule has 27 heavy (non-hydrogen) atoms. The first kappa shape index (κ1) is 19.4. The molecule has 2 fully saturated rings. The number of nitrogens with zero attached hydrogens (tertiary/aromatic N) is 2. The molecule has 2 heterocycles. The van der Waals surface area contributed by atoms with E-state index in [4.69, 9.17) is 5.11 Å². The van der Waals surface area contributed by atoms with Crippen LogP contribution < -0.4 is 0 Å². The van der Waals surface area contributed by atoms with Gasteiger partial charge in [-0.1, -0.05) is 19.1 Å². The van der Waals surface area contributed by atoms with Crippen LogP contribution in [0.1, 0.15) is 48.5 Å². The fourth-order valence-electron chi connectivity index (χ4n) is 4.12. The third-order valence-electron chi connectivity index (χ3n) is 5.69. The second-order valence-corrected chi connectivity index (χ2v) is 7.87. The molecule has 0 bridgehead atoms. The van der Waals surface area contributed by atoms with Crippen LogP contribution in [0.15, 0.2) is 24.3 Å². The van der Waals surface area contributed by atoms with Gasteiger partial charge in [0.05, 0.1) is 12.0 Å². The number of aromatic carboxylic acids is 1. The van der Waals surface area contributed by atoms with E-state index in [0.717, 1.165) is 19.5 Å². The smallest absolute Gasteiger partial charge is 0.335 e. The van der Waals surface area contributed by atoms with E-state index in [0.29, 0.717) is 37.4 Å². The molecule has 1 unspecified atom stereocenters. The van der Waals surface area contributed by atoms with Crippen molar-refractivity contribution in [1.82, 2.24) is 9.80 Å². The summed E-state index contributed by atoms with van der Waals surface area (Å²) in [5.41, 5.74) is 0.903. The van der Waals surface area contributed by atoms with Crippen molar-refractivity contribution >= 4 is 17.8 Å². The van der Waals surface area contributed by atoms with Crippen molar-refractivity contribution in [3.8, 4) is 0 Å². The Morgan fingerprint density at radius 1 is 1.07 bits per heavy atom. The normalized spacial score (nSPS) is 21.1. The molecule has 0 saturated carbocycles. The SMILES string of the molecule is CC1CCCN(C(=O)C2CCN(C(=O)Cc3cccc(C(=O)O)c3)CC2)C1. The molecule has 6 nitrogen and oxygen atoms in total. The lowest BCUT2D eigenvalue weighted by atomic mass is 9.92. The molecule has 2 aliphatic heterocycles. The Labute approximate surface area is 160 Å². The summed E-state index contributed by atoms with van der Waals surface area (Å²) < 4.78 is 0. The highest BCUT2D eigenvalue weighted by atomic mass is 16.4. The van der Waals surface area contributed by atoms with Crippen molar-refractivity contribution in [2.24, 2.45) is 11.8 Å². The van der Waals surface area contributed by atoms with E-state index >= 15 is 0 Å². The quantitative estimate of drug-likeness (QED) is 0.880. The number of carbonyl (C=O) groups is 3. The number of carboxylic acid groups (broad SMARTS) is 1. The maximum atomic E-state index is 12.7. The van der Waals surface area contributed by atoms with Gasteiger partial charge in [0, 0.05) is 32.1 Å². The van der Waals surface area contributed by atoms with Crippen LogP contribution in [0.3, 0.4) is 0 Å². The van der Waals surface area contributed by atoms with Gasteiger partial charge >= 0.3 is 5.97 Å². The first-order valence-electron chi connectivity index (χ1n) is 9.83. The highest BCUT2D eigenvalue weighted by Gasteiger charge is 2.31. The van der Waals surface area contributed by atoms with Crippen LogP contribution in [-0.4, -0.2) is 58.9 Å². The number of rotatable bonds is 4. The van der Waals surface area contributed by atoms with E-state index in [1.165, 1.54) is 12.5 Å². The van der Waals surface area contributed by atoms with Crippen molar-refractivity contribution in [2.75, 3.05) is 26.2 Å². The standard InChI is InChI=1S/C21H28N2O4/c1-15-4-3-9-23(14-15)20(25)17-7-10-22(11-8-17)19(24)13-16-5-2-6-18(12-16)21(26)27/h2,5-6,12,15,17H,3-4,7-11,13-14H2,1H3,(H,26,27). The summed E-state index contributed by atoms with van der Waals surface area (Å²) in [6.45, 7) is 5.11. The van der Waals surface area contributed by atoms with Gasteiger partial charge in [0.25, 0.3) is 0 Å². The molecule has 0 radical (unpaired) electrons. The predicted molar refractivity (Wildman–Crippen MR) is 101 cm³/mol. The maximum Gasteiger partial charge on any atom is 0.335 e. The minimum atomic E-state index is -0.990. The average molecular weight is 372 g/mol. The van der Waals surface area contributed by atoms with Gasteiger partial charge in [0.2, 0.25) is 11.8 Å². The number of likely N-dealkylation sites (tertiary alicyclic amines) is 2. The Morgan fingerprint density at radius 3 is 2.48 bits per heavy atom. The molecule has 2 aliphatic rings. The maximum absolute atomic E-state index is 12.7. The summed E-state index contributed by atoms with van der Waals surface area (Å²) in [6, 6.07) is 6.51. The minimum absolute atomic E-state index is 0.00460. The van der Waals surface area contributed by atoms with E-state index in [2.05, 4.69) is 6.92 Å². The molecule has 0 spiro atoms. The third kappa shape index (κ3) is 4.87. The van der Waals surface area contributed by atoms with E-state index in [9.17, 15) is 14.4 Å². The first-order valence-corrected chi connectivity index (χ1v) is 9.83. The van der Waals surface area contributed by atoms with Crippen molar-refractivity contribution in [3.63, 3.8) is 0 Å². The first-order chi connectivity index (χ1) is 12.9. The average Bonchev–Trinajstić information content (AvgIpc) is 2.67. The second kappa shape index (κ2) is 8.55. The lowest BCUT2D eigenvalue weighted by Gasteiger charge is -2.37. The Bertz CT molecular complexity index is 710. The monoisotopic (exact) mass is 372 g/mol. The molecule has 146 valence electrons. The number of hydrogen-bond acceptors (Lipinski definition) is 3. The van der Waals surface area contributed by atoms with Gasteiger partial charge in [-0.25, -0.2) is 4.79 Å². The second-order valence-electron chi connectivity index (χ2n) is 7.87. The lowest BCUT2D eigenvalue weighted by Crippen LogP contribution is -2.47. The number of piperidine rings is 2. The molecule has 1 atom stereocenters. The molecular weight excluding hydrogens is 344 g/mol. The highest BCUT2D eigenvalue weighted by Crippen LogP contribution is 2.24. The zero-order valence-electron chi connectivity index (χ0n) is 15.9. The molecule has 3 rings (SSSR count). The number of carboxylic acids is 1. The molecule has 1 aromatic rings. The van der Waals surface area contributed by atoms with Gasteiger partial charge in [-0.3, -0.25) is 9.59 Å². The van der Waals surface area contributed by atoms with E-state index in [1.54, 1.807) is 23.1 Å². The summed E-state index contributed by atoms with van der Waals surface area (Å²) in [5, 5.41) is 9.07. The minimum Gasteiger partial charge on any atom is -0.478 e. The fraction of sp³-hybridized carbons (Fsp3) is 0.571. The van der Waals surface area contributed by atoms with Gasteiger partial charge in [-0.2, -0.15) is 0 Å². The molecule has 0 aliphatic carbocycles. The Hall–Kier alpha value is -2.37. The third-order valence-corrected chi connectivity index (χ3v) is 5.69.